The maximum absolute atomic E-state index is 12.4. The molecule has 0 saturated carbocycles. The normalized spacial score (nSPS) is 12.9. The van der Waals surface area contributed by atoms with Gasteiger partial charge in [0.15, 0.2) is 0 Å². The third kappa shape index (κ3) is 4.74. The summed E-state index contributed by atoms with van der Waals surface area (Å²) in [6, 6.07) is 7.84. The van der Waals surface area contributed by atoms with Crippen molar-refractivity contribution >= 4 is 29.4 Å². The van der Waals surface area contributed by atoms with Crippen LogP contribution in [0.3, 0.4) is 0 Å². The van der Waals surface area contributed by atoms with Crippen LogP contribution in [0.4, 0.5) is 5.82 Å². The lowest BCUT2D eigenvalue weighted by Crippen LogP contribution is -2.37. The summed E-state index contributed by atoms with van der Waals surface area (Å²) in [6.07, 6.45) is 0.811. The van der Waals surface area contributed by atoms with Gasteiger partial charge in [-0.05, 0) is 38.8 Å². The van der Waals surface area contributed by atoms with Gasteiger partial charge in [0.05, 0.1) is 17.5 Å². The van der Waals surface area contributed by atoms with Crippen molar-refractivity contribution in [1.82, 2.24) is 15.1 Å². The number of aromatic nitrogens is 2. The zero-order valence-electron chi connectivity index (χ0n) is 16.4. The van der Waals surface area contributed by atoms with Crippen molar-refractivity contribution in [3.05, 3.63) is 41.1 Å². The molecule has 2 aromatic rings. The molecule has 2 amide bonds. The summed E-state index contributed by atoms with van der Waals surface area (Å²) >= 11 is 1.75. The van der Waals surface area contributed by atoms with E-state index < -0.39 is 11.8 Å². The number of para-hydroxylation sites is 1. The highest BCUT2D eigenvalue weighted by Crippen LogP contribution is 2.36. The van der Waals surface area contributed by atoms with E-state index in [1.165, 1.54) is 0 Å². The molecule has 2 N–H and O–H groups in total. The fourth-order valence-corrected chi connectivity index (χ4v) is 3.99. The first kappa shape index (κ1) is 20.4. The molecule has 0 radical (unpaired) electrons. The van der Waals surface area contributed by atoms with Crippen LogP contribution in [0.25, 0.3) is 5.69 Å². The first-order chi connectivity index (χ1) is 13.5. The number of aryl methyl sites for hydroxylation is 1. The molecular formula is C20H26N4O3S. The largest absolute Gasteiger partial charge is 0.379 e. The first-order valence-electron chi connectivity index (χ1n) is 9.42. The zero-order valence-corrected chi connectivity index (χ0v) is 17.3. The fraction of sp³-hybridized carbons (Fsp3) is 0.450. The first-order valence-corrected chi connectivity index (χ1v) is 10.6. The molecule has 2 heterocycles. The van der Waals surface area contributed by atoms with Crippen molar-refractivity contribution in [2.24, 2.45) is 0 Å². The number of amides is 2. The number of hydrogen-bond acceptors (Lipinski definition) is 5. The van der Waals surface area contributed by atoms with Crippen LogP contribution in [0.15, 0.2) is 24.3 Å². The molecule has 28 heavy (non-hydrogen) atoms. The molecule has 0 atom stereocenters. The van der Waals surface area contributed by atoms with E-state index in [1.807, 2.05) is 45.0 Å². The van der Waals surface area contributed by atoms with E-state index >= 15 is 0 Å². The molecule has 8 heteroatoms. The number of carbonyl (C=O) groups excluding carboxylic acids is 2. The van der Waals surface area contributed by atoms with Crippen LogP contribution in [0, 0.1) is 6.92 Å². The molecule has 0 saturated heterocycles. The average molecular weight is 403 g/mol. The maximum atomic E-state index is 12.4. The fourth-order valence-electron chi connectivity index (χ4n) is 2.95. The van der Waals surface area contributed by atoms with E-state index in [1.54, 1.807) is 16.4 Å². The van der Waals surface area contributed by atoms with Gasteiger partial charge in [-0.15, -0.1) is 0 Å². The second kappa shape index (κ2) is 9.25. The Morgan fingerprint density at radius 1 is 1.25 bits per heavy atom. The van der Waals surface area contributed by atoms with E-state index in [0.717, 1.165) is 34.0 Å². The minimum absolute atomic E-state index is 0.153. The number of rotatable bonds is 7. The van der Waals surface area contributed by atoms with Gasteiger partial charge in [-0.3, -0.25) is 9.59 Å². The molecule has 3 rings (SSSR count). The van der Waals surface area contributed by atoms with Crippen molar-refractivity contribution in [2.75, 3.05) is 18.5 Å². The summed E-state index contributed by atoms with van der Waals surface area (Å²) in [5.41, 5.74) is 3.87. The quantitative estimate of drug-likeness (QED) is 0.549. The molecule has 0 fully saturated rings. The summed E-state index contributed by atoms with van der Waals surface area (Å²) in [4.78, 5) is 24.6. The molecule has 7 nitrogen and oxygen atoms in total. The van der Waals surface area contributed by atoms with E-state index in [4.69, 9.17) is 4.74 Å². The van der Waals surface area contributed by atoms with Crippen molar-refractivity contribution < 1.29 is 14.3 Å². The molecule has 0 bridgehead atoms. The van der Waals surface area contributed by atoms with Crippen LogP contribution in [0.2, 0.25) is 0 Å². The SMILES string of the molecule is Cc1ccccc1-n1nc2c(c1NC(=O)C(=O)NCCCOC(C)C)CSC2. The molecule has 0 unspecified atom stereocenters. The highest BCUT2D eigenvalue weighted by Gasteiger charge is 2.26. The van der Waals surface area contributed by atoms with Crippen molar-refractivity contribution in [2.45, 2.75) is 44.8 Å². The highest BCUT2D eigenvalue weighted by molar-refractivity contribution is 7.98. The number of nitrogens with zero attached hydrogens (tertiary/aromatic N) is 2. The maximum Gasteiger partial charge on any atom is 0.314 e. The summed E-state index contributed by atoms with van der Waals surface area (Å²) in [6.45, 7) is 6.85. The van der Waals surface area contributed by atoms with Gasteiger partial charge in [0.1, 0.15) is 5.82 Å². The number of anilines is 1. The zero-order chi connectivity index (χ0) is 20.1. The third-order valence-electron chi connectivity index (χ3n) is 4.39. The Bertz CT molecular complexity index is 863. The second-order valence-electron chi connectivity index (χ2n) is 6.95. The van der Waals surface area contributed by atoms with Gasteiger partial charge < -0.3 is 15.4 Å². The third-order valence-corrected chi connectivity index (χ3v) is 5.36. The second-order valence-corrected chi connectivity index (χ2v) is 7.93. The Labute approximate surface area is 169 Å². The number of thioether (sulfide) groups is 1. The summed E-state index contributed by atoms with van der Waals surface area (Å²) < 4.78 is 7.17. The molecular weight excluding hydrogens is 376 g/mol. The standard InChI is InChI=1S/C20H26N4O3S/c1-13(2)27-10-6-9-21-19(25)20(26)22-18-15-11-28-12-16(15)23-24(18)17-8-5-4-7-14(17)3/h4-5,7-8,13H,6,9-12H2,1-3H3,(H,21,25)(H,22,26). The highest BCUT2D eigenvalue weighted by atomic mass is 32.2. The Morgan fingerprint density at radius 2 is 2.04 bits per heavy atom. The molecule has 1 aromatic heterocycles. The smallest absolute Gasteiger partial charge is 0.314 e. The summed E-state index contributed by atoms with van der Waals surface area (Å²) in [5.74, 6) is 0.822. The Balaban J connectivity index is 1.69. The predicted molar refractivity (Wildman–Crippen MR) is 111 cm³/mol. The van der Waals surface area contributed by atoms with E-state index in [0.29, 0.717) is 25.4 Å². The number of nitrogens with one attached hydrogen (secondary N) is 2. The van der Waals surface area contributed by atoms with E-state index in [2.05, 4.69) is 15.7 Å². The van der Waals surface area contributed by atoms with Gasteiger partial charge in [0, 0.05) is 30.2 Å². The molecule has 1 aliphatic heterocycles. The topological polar surface area (TPSA) is 85.2 Å². The van der Waals surface area contributed by atoms with Gasteiger partial charge in [-0.2, -0.15) is 16.9 Å². The number of fused-ring (bicyclic) bond motifs is 1. The lowest BCUT2D eigenvalue weighted by Gasteiger charge is -2.13. The lowest BCUT2D eigenvalue weighted by molar-refractivity contribution is -0.136. The minimum atomic E-state index is -0.681. The predicted octanol–water partition coefficient (Wildman–Crippen LogP) is 2.80. The van der Waals surface area contributed by atoms with E-state index in [9.17, 15) is 9.59 Å². The molecule has 0 spiro atoms. The number of hydrogen-bond donors (Lipinski definition) is 2. The van der Waals surface area contributed by atoms with Gasteiger partial charge in [0.2, 0.25) is 0 Å². The Hall–Kier alpha value is -2.32. The van der Waals surface area contributed by atoms with Crippen LogP contribution in [0.5, 0.6) is 0 Å². The molecule has 0 aliphatic carbocycles. The van der Waals surface area contributed by atoms with Gasteiger partial charge in [-0.1, -0.05) is 18.2 Å². The summed E-state index contributed by atoms with van der Waals surface area (Å²) in [7, 11) is 0. The monoisotopic (exact) mass is 402 g/mol. The van der Waals surface area contributed by atoms with Crippen molar-refractivity contribution in [3.63, 3.8) is 0 Å². The van der Waals surface area contributed by atoms with E-state index in [-0.39, 0.29) is 6.10 Å². The van der Waals surface area contributed by atoms with Gasteiger partial charge in [0.25, 0.3) is 0 Å². The van der Waals surface area contributed by atoms with Crippen molar-refractivity contribution in [3.8, 4) is 5.69 Å². The number of carbonyl (C=O) groups is 2. The van der Waals surface area contributed by atoms with Gasteiger partial charge >= 0.3 is 11.8 Å². The van der Waals surface area contributed by atoms with Crippen LogP contribution in [-0.4, -0.2) is 40.9 Å². The van der Waals surface area contributed by atoms with Crippen molar-refractivity contribution in [1.29, 1.82) is 0 Å². The Kier molecular flexibility index (Phi) is 6.74. The number of benzene rings is 1. The van der Waals surface area contributed by atoms with Crippen LogP contribution < -0.4 is 10.6 Å². The minimum Gasteiger partial charge on any atom is -0.379 e. The number of ether oxygens (including phenoxy) is 1. The molecule has 150 valence electrons. The molecule has 1 aliphatic rings. The average Bonchev–Trinajstić information content (AvgIpc) is 3.24. The Morgan fingerprint density at radius 3 is 2.79 bits per heavy atom. The summed E-state index contributed by atoms with van der Waals surface area (Å²) in [5, 5.41) is 10.1. The lowest BCUT2D eigenvalue weighted by atomic mass is 10.2. The van der Waals surface area contributed by atoms with Crippen LogP contribution >= 0.6 is 11.8 Å². The van der Waals surface area contributed by atoms with Gasteiger partial charge in [-0.25, -0.2) is 4.68 Å². The van der Waals surface area contributed by atoms with Crippen LogP contribution in [-0.2, 0) is 25.8 Å². The molecule has 1 aromatic carbocycles. The van der Waals surface area contributed by atoms with Crippen LogP contribution in [0.1, 0.15) is 37.1 Å².